The van der Waals surface area contributed by atoms with Crippen LogP contribution in [0.1, 0.15) is 86.1 Å². The van der Waals surface area contributed by atoms with Gasteiger partial charge in [0.15, 0.2) is 6.73 Å². The number of fused-ring (bicyclic) bond motifs is 1. The summed E-state index contributed by atoms with van der Waals surface area (Å²) in [5.41, 5.74) is -0.276. The molecule has 0 unspecified atom stereocenters. The Hall–Kier alpha value is -3.95. The van der Waals surface area contributed by atoms with Crippen molar-refractivity contribution in [2.75, 3.05) is 29.9 Å². The van der Waals surface area contributed by atoms with E-state index in [0.717, 1.165) is 67.4 Å². The summed E-state index contributed by atoms with van der Waals surface area (Å²) in [4.78, 5) is 40.5. The number of hydrogen-bond donors (Lipinski definition) is 0. The van der Waals surface area contributed by atoms with E-state index in [1.165, 1.54) is 29.0 Å². The lowest BCUT2D eigenvalue weighted by molar-refractivity contribution is -0.166. The van der Waals surface area contributed by atoms with Crippen molar-refractivity contribution in [2.45, 2.75) is 99.9 Å². The second-order valence-electron chi connectivity index (χ2n) is 15.5. The molecule has 3 heterocycles. The molecule has 0 radical (unpaired) electrons. The maximum absolute atomic E-state index is 13.6. The SMILES string of the molecule is CN(c1nccc(=O)n1COC(=O)C(C)(C)C(C)(C)CC(C)(C)C)C1CCN(c2nc3c(n2Cc2ccc(F)cc2)=CCCC=3)CC1. The number of anilines is 2. The summed E-state index contributed by atoms with van der Waals surface area (Å²) in [6.07, 6.45) is 10.4. The topological polar surface area (TPSA) is 85.5 Å². The van der Waals surface area contributed by atoms with Crippen LogP contribution in [0, 0.1) is 22.1 Å². The molecule has 10 heteroatoms. The van der Waals surface area contributed by atoms with E-state index in [1.807, 2.05) is 37.9 Å². The van der Waals surface area contributed by atoms with E-state index < -0.39 is 5.41 Å². The molecule has 9 nitrogen and oxygen atoms in total. The highest BCUT2D eigenvalue weighted by Crippen LogP contribution is 2.47. The van der Waals surface area contributed by atoms with Crippen molar-refractivity contribution in [2.24, 2.45) is 16.2 Å². The summed E-state index contributed by atoms with van der Waals surface area (Å²) in [6, 6.07) is 8.19. The summed E-state index contributed by atoms with van der Waals surface area (Å²) in [5.74, 6) is 0.826. The number of esters is 1. The van der Waals surface area contributed by atoms with E-state index in [9.17, 15) is 14.0 Å². The summed E-state index contributed by atoms with van der Waals surface area (Å²) >= 11 is 0. The monoisotopic (exact) mass is 646 g/mol. The molecule has 5 rings (SSSR count). The van der Waals surface area contributed by atoms with Gasteiger partial charge in [0.2, 0.25) is 11.9 Å². The van der Waals surface area contributed by atoms with Crippen molar-refractivity contribution in [1.82, 2.24) is 19.1 Å². The van der Waals surface area contributed by atoms with Crippen molar-refractivity contribution < 1.29 is 13.9 Å². The smallest absolute Gasteiger partial charge is 0.313 e. The highest BCUT2D eigenvalue weighted by Gasteiger charge is 2.46. The minimum absolute atomic E-state index is 0.0464. The average Bonchev–Trinajstić information content (AvgIpc) is 3.38. The lowest BCUT2D eigenvalue weighted by atomic mass is 9.61. The number of ether oxygens (including phenoxy) is 1. The van der Waals surface area contributed by atoms with Gasteiger partial charge in [0, 0.05) is 38.4 Å². The van der Waals surface area contributed by atoms with Crippen molar-refractivity contribution >= 4 is 30.0 Å². The first-order valence-electron chi connectivity index (χ1n) is 16.8. The maximum Gasteiger partial charge on any atom is 0.313 e. The number of carbonyl (C=O) groups excluding carboxylic acids is 1. The van der Waals surface area contributed by atoms with Gasteiger partial charge in [-0.15, -0.1) is 0 Å². The average molecular weight is 647 g/mol. The molecular formula is C37H51FN6O3. The molecule has 0 saturated carbocycles. The van der Waals surface area contributed by atoms with Gasteiger partial charge in [-0.1, -0.05) is 58.9 Å². The van der Waals surface area contributed by atoms with Gasteiger partial charge >= 0.3 is 5.97 Å². The fourth-order valence-electron chi connectivity index (χ4n) is 7.02. The number of rotatable bonds is 10. The Kier molecular flexibility index (Phi) is 9.71. The molecule has 0 atom stereocenters. The summed E-state index contributed by atoms with van der Waals surface area (Å²) in [7, 11) is 1.95. The third-order valence-electron chi connectivity index (χ3n) is 10.1. The third-order valence-corrected chi connectivity index (χ3v) is 10.1. The molecule has 0 amide bonds. The third kappa shape index (κ3) is 7.47. The Morgan fingerprint density at radius 2 is 1.64 bits per heavy atom. The first kappa shape index (κ1) is 34.4. The van der Waals surface area contributed by atoms with Gasteiger partial charge < -0.3 is 19.1 Å². The second-order valence-corrected chi connectivity index (χ2v) is 15.5. The van der Waals surface area contributed by atoms with Crippen LogP contribution < -0.4 is 26.1 Å². The lowest BCUT2D eigenvalue weighted by Crippen LogP contribution is -2.46. The van der Waals surface area contributed by atoms with Gasteiger partial charge in [0.05, 0.1) is 22.7 Å². The van der Waals surface area contributed by atoms with E-state index in [0.29, 0.717) is 12.5 Å². The zero-order valence-electron chi connectivity index (χ0n) is 29.3. The van der Waals surface area contributed by atoms with Crippen LogP contribution in [-0.4, -0.2) is 51.3 Å². The summed E-state index contributed by atoms with van der Waals surface area (Å²) < 4.78 is 23.2. The van der Waals surface area contributed by atoms with E-state index >= 15 is 0 Å². The number of halogens is 1. The maximum atomic E-state index is 13.6. The fourth-order valence-corrected chi connectivity index (χ4v) is 7.02. The number of benzene rings is 1. The van der Waals surface area contributed by atoms with Crippen LogP contribution in [-0.2, 0) is 22.8 Å². The number of nitrogens with zero attached hydrogens (tertiary/aromatic N) is 6. The summed E-state index contributed by atoms with van der Waals surface area (Å²) in [5, 5.41) is 2.12. The Morgan fingerprint density at radius 1 is 0.979 bits per heavy atom. The van der Waals surface area contributed by atoms with Crippen LogP contribution in [0.2, 0.25) is 0 Å². The Labute approximate surface area is 277 Å². The van der Waals surface area contributed by atoms with Gasteiger partial charge in [-0.25, -0.2) is 18.9 Å². The van der Waals surface area contributed by atoms with E-state index in [-0.39, 0.29) is 40.9 Å². The van der Waals surface area contributed by atoms with Gasteiger partial charge in [0.1, 0.15) is 5.82 Å². The quantitative estimate of drug-likeness (QED) is 0.284. The van der Waals surface area contributed by atoms with E-state index in [1.54, 1.807) is 0 Å². The Balaban J connectivity index is 1.30. The second kappa shape index (κ2) is 13.3. The standard InChI is InChI=1S/C37H51FN6O3/c1-35(2,3)24-36(4,5)37(6,7)32(46)47-25-44-31(45)17-20-39-33(44)41(8)28-18-21-42(22-19-28)34-40-29-11-9-10-12-30(29)43(34)23-26-13-15-27(38)16-14-26/h11-17,20,28H,9-10,18-19,21-25H2,1-8H3. The zero-order valence-corrected chi connectivity index (χ0v) is 29.3. The highest BCUT2D eigenvalue weighted by atomic mass is 19.1. The largest absolute Gasteiger partial charge is 0.443 e. The lowest BCUT2D eigenvalue weighted by Gasteiger charge is -2.43. The summed E-state index contributed by atoms with van der Waals surface area (Å²) in [6.45, 7) is 16.5. The van der Waals surface area contributed by atoms with Crippen LogP contribution in [0.5, 0.6) is 0 Å². The van der Waals surface area contributed by atoms with Gasteiger partial charge in [-0.05, 0) is 74.5 Å². The van der Waals surface area contributed by atoms with Crippen molar-refractivity contribution in [3.8, 4) is 0 Å². The van der Waals surface area contributed by atoms with Crippen molar-refractivity contribution in [1.29, 1.82) is 0 Å². The minimum atomic E-state index is -0.762. The number of aromatic nitrogens is 4. The molecule has 0 bridgehead atoms. The molecule has 2 aromatic heterocycles. The molecule has 0 spiro atoms. The van der Waals surface area contributed by atoms with Crippen molar-refractivity contribution in [3.63, 3.8) is 0 Å². The molecule has 2 aliphatic rings. The predicted molar refractivity (Wildman–Crippen MR) is 185 cm³/mol. The van der Waals surface area contributed by atoms with Crippen LogP contribution >= 0.6 is 0 Å². The molecule has 254 valence electrons. The molecule has 1 fully saturated rings. The van der Waals surface area contributed by atoms with Gasteiger partial charge in [-0.3, -0.25) is 9.59 Å². The van der Waals surface area contributed by atoms with E-state index in [4.69, 9.17) is 9.72 Å². The first-order chi connectivity index (χ1) is 22.1. The highest BCUT2D eigenvalue weighted by molar-refractivity contribution is 5.76. The molecular weight excluding hydrogens is 595 g/mol. The number of hydrogen-bond acceptors (Lipinski definition) is 7. The molecule has 1 aliphatic heterocycles. The molecule has 0 N–H and O–H groups in total. The molecule has 1 aliphatic carbocycles. The molecule has 1 aromatic carbocycles. The minimum Gasteiger partial charge on any atom is -0.443 e. The van der Waals surface area contributed by atoms with Crippen LogP contribution in [0.3, 0.4) is 0 Å². The van der Waals surface area contributed by atoms with Crippen molar-refractivity contribution in [3.05, 3.63) is 69.0 Å². The predicted octanol–water partition coefficient (Wildman–Crippen LogP) is 5.08. The normalized spacial score (nSPS) is 15.9. The van der Waals surface area contributed by atoms with Crippen LogP contribution in [0.15, 0.2) is 41.3 Å². The van der Waals surface area contributed by atoms with E-state index in [2.05, 4.69) is 61.2 Å². The molecule has 3 aromatic rings. The Bertz CT molecular complexity index is 1760. The number of carbonyl (C=O) groups is 1. The van der Waals surface area contributed by atoms with Gasteiger partial charge in [-0.2, -0.15) is 0 Å². The Morgan fingerprint density at radius 3 is 2.30 bits per heavy atom. The fraction of sp³-hybridized carbons (Fsp3) is 0.568. The molecule has 47 heavy (non-hydrogen) atoms. The van der Waals surface area contributed by atoms with Gasteiger partial charge in [0.25, 0.3) is 5.56 Å². The first-order valence-corrected chi connectivity index (χ1v) is 16.8. The molecule has 1 saturated heterocycles. The van der Waals surface area contributed by atoms with Crippen LogP contribution in [0.4, 0.5) is 16.3 Å². The number of imidazole rings is 1. The zero-order chi connectivity index (χ0) is 34.1. The van der Waals surface area contributed by atoms with Crippen LogP contribution in [0.25, 0.3) is 12.2 Å². The number of piperidine rings is 1.